The van der Waals surface area contributed by atoms with E-state index < -0.39 is 0 Å². The van der Waals surface area contributed by atoms with Crippen molar-refractivity contribution in [3.63, 3.8) is 0 Å². The summed E-state index contributed by atoms with van der Waals surface area (Å²) >= 11 is 5.68. The fraction of sp³-hybridized carbons (Fsp3) is 0.667. The Morgan fingerprint density at radius 1 is 1.35 bits per heavy atom. The van der Waals surface area contributed by atoms with Gasteiger partial charge in [-0.15, -0.1) is 11.6 Å². The van der Waals surface area contributed by atoms with E-state index in [0.29, 0.717) is 11.8 Å². The van der Waals surface area contributed by atoms with Gasteiger partial charge < -0.3 is 9.64 Å². The van der Waals surface area contributed by atoms with Crippen molar-refractivity contribution in [1.29, 1.82) is 0 Å². The summed E-state index contributed by atoms with van der Waals surface area (Å²) in [5.41, 5.74) is 0.815. The maximum Gasteiger partial charge on any atom is 0.146 e. The first-order valence-electron chi connectivity index (χ1n) is 5.95. The lowest BCUT2D eigenvalue weighted by molar-refractivity contribution is 0.0685. The predicted molar refractivity (Wildman–Crippen MR) is 68.4 cm³/mol. The Kier molecular flexibility index (Phi) is 4.57. The third-order valence-electron chi connectivity index (χ3n) is 3.09. The van der Waals surface area contributed by atoms with Crippen molar-refractivity contribution in [2.75, 3.05) is 31.7 Å². The fourth-order valence-corrected chi connectivity index (χ4v) is 2.16. The normalized spacial score (nSPS) is 17.1. The second-order valence-electron chi connectivity index (χ2n) is 4.44. The summed E-state index contributed by atoms with van der Waals surface area (Å²) in [5, 5.41) is 0. The van der Waals surface area contributed by atoms with E-state index >= 15 is 0 Å². The van der Waals surface area contributed by atoms with E-state index in [4.69, 9.17) is 16.3 Å². The highest BCUT2D eigenvalue weighted by atomic mass is 35.5. The van der Waals surface area contributed by atoms with Gasteiger partial charge in [-0.3, -0.25) is 4.98 Å². The second kappa shape index (κ2) is 6.17. The van der Waals surface area contributed by atoms with Crippen LogP contribution in [0, 0.1) is 5.92 Å². The van der Waals surface area contributed by atoms with Crippen molar-refractivity contribution in [2.24, 2.45) is 5.92 Å². The van der Waals surface area contributed by atoms with E-state index in [1.165, 1.54) is 0 Å². The molecule has 5 heteroatoms. The molecular formula is C12H18ClN3O. The second-order valence-corrected chi connectivity index (χ2v) is 4.70. The molecule has 0 bridgehead atoms. The molecule has 0 N–H and O–H groups in total. The Morgan fingerprint density at radius 2 is 2.12 bits per heavy atom. The number of hydrogen-bond donors (Lipinski definition) is 0. The zero-order valence-corrected chi connectivity index (χ0v) is 10.9. The molecule has 1 fully saturated rings. The number of hydrogen-bond acceptors (Lipinski definition) is 4. The predicted octanol–water partition coefficient (Wildman–Crippen LogP) is 2.08. The first-order valence-corrected chi connectivity index (χ1v) is 6.49. The zero-order valence-electron chi connectivity index (χ0n) is 10.1. The third-order valence-corrected chi connectivity index (χ3v) is 3.37. The molecule has 0 radical (unpaired) electrons. The van der Waals surface area contributed by atoms with Crippen LogP contribution in [0.15, 0.2) is 12.4 Å². The van der Waals surface area contributed by atoms with Gasteiger partial charge in [-0.2, -0.15) is 0 Å². The summed E-state index contributed by atoms with van der Waals surface area (Å²) in [7, 11) is 2.06. The van der Waals surface area contributed by atoms with Gasteiger partial charge >= 0.3 is 0 Å². The Morgan fingerprint density at radius 3 is 2.71 bits per heavy atom. The van der Waals surface area contributed by atoms with Gasteiger partial charge in [0.05, 0.1) is 24.0 Å². The molecule has 17 heavy (non-hydrogen) atoms. The van der Waals surface area contributed by atoms with Crippen LogP contribution in [0.2, 0.25) is 0 Å². The molecule has 1 saturated heterocycles. The Hall–Kier alpha value is -0.870. The van der Waals surface area contributed by atoms with Crippen LogP contribution in [0.1, 0.15) is 18.5 Å². The smallest absolute Gasteiger partial charge is 0.146 e. The summed E-state index contributed by atoms with van der Waals surface area (Å²) in [6, 6.07) is 0. The lowest BCUT2D eigenvalue weighted by Crippen LogP contribution is -2.30. The van der Waals surface area contributed by atoms with Gasteiger partial charge in [0.25, 0.3) is 0 Å². The van der Waals surface area contributed by atoms with Gasteiger partial charge in [0.2, 0.25) is 0 Å². The quantitative estimate of drug-likeness (QED) is 0.772. The summed E-state index contributed by atoms with van der Waals surface area (Å²) in [6.07, 6.45) is 5.80. The Labute approximate surface area is 107 Å². The molecule has 0 aromatic carbocycles. The number of nitrogens with zero attached hydrogens (tertiary/aromatic N) is 3. The Balaban J connectivity index is 1.91. The van der Waals surface area contributed by atoms with Crippen LogP contribution in [0.4, 0.5) is 5.82 Å². The van der Waals surface area contributed by atoms with Gasteiger partial charge in [0, 0.05) is 26.8 Å². The molecule has 1 aliphatic heterocycles. The molecule has 2 rings (SSSR count). The molecule has 0 saturated carbocycles. The summed E-state index contributed by atoms with van der Waals surface area (Å²) in [5.74, 6) is 2.02. The number of aromatic nitrogens is 2. The van der Waals surface area contributed by atoms with Crippen molar-refractivity contribution >= 4 is 17.4 Å². The largest absolute Gasteiger partial charge is 0.381 e. The highest BCUT2D eigenvalue weighted by molar-refractivity contribution is 6.16. The highest BCUT2D eigenvalue weighted by Gasteiger charge is 2.16. The number of rotatable bonds is 4. The van der Waals surface area contributed by atoms with Crippen LogP contribution >= 0.6 is 11.6 Å². The van der Waals surface area contributed by atoms with Crippen LogP contribution in [0.3, 0.4) is 0 Å². The van der Waals surface area contributed by atoms with Gasteiger partial charge in [-0.1, -0.05) is 0 Å². The van der Waals surface area contributed by atoms with Gasteiger partial charge in [-0.25, -0.2) is 4.98 Å². The first-order chi connectivity index (χ1) is 8.29. The molecule has 4 nitrogen and oxygen atoms in total. The topological polar surface area (TPSA) is 38.2 Å². The van der Waals surface area contributed by atoms with Crippen molar-refractivity contribution in [1.82, 2.24) is 9.97 Å². The molecule has 0 aliphatic carbocycles. The van der Waals surface area contributed by atoms with Crippen LogP contribution < -0.4 is 4.90 Å². The molecular weight excluding hydrogens is 238 g/mol. The number of alkyl halides is 1. The first kappa shape index (κ1) is 12.6. The van der Waals surface area contributed by atoms with Crippen LogP contribution in [-0.4, -0.2) is 36.8 Å². The van der Waals surface area contributed by atoms with E-state index in [9.17, 15) is 0 Å². The number of halogens is 1. The zero-order chi connectivity index (χ0) is 12.1. The van der Waals surface area contributed by atoms with Crippen molar-refractivity contribution < 1.29 is 4.74 Å². The van der Waals surface area contributed by atoms with Crippen molar-refractivity contribution in [2.45, 2.75) is 18.7 Å². The molecule has 0 spiro atoms. The minimum absolute atomic E-state index is 0.414. The average Bonchev–Trinajstić information content (AvgIpc) is 2.40. The van der Waals surface area contributed by atoms with Crippen LogP contribution in [-0.2, 0) is 10.6 Å². The monoisotopic (exact) mass is 255 g/mol. The standard InChI is InChI=1S/C12H18ClN3O/c1-16(9-10-2-4-17-5-3-10)12-8-14-11(6-13)7-15-12/h7-8,10H,2-6,9H2,1H3. The van der Waals surface area contributed by atoms with Gasteiger partial charge in [0.15, 0.2) is 0 Å². The number of anilines is 1. The lowest BCUT2D eigenvalue weighted by Gasteiger charge is -2.27. The van der Waals surface area contributed by atoms with Gasteiger partial charge in [0.1, 0.15) is 5.82 Å². The molecule has 2 heterocycles. The molecule has 1 aromatic heterocycles. The van der Waals surface area contributed by atoms with E-state index in [-0.39, 0.29) is 0 Å². The fourth-order valence-electron chi connectivity index (χ4n) is 2.02. The maximum absolute atomic E-state index is 5.68. The SMILES string of the molecule is CN(CC1CCOCC1)c1cnc(CCl)cn1. The lowest BCUT2D eigenvalue weighted by atomic mass is 10.00. The highest BCUT2D eigenvalue weighted by Crippen LogP contribution is 2.18. The Bertz CT molecular complexity index is 338. The molecule has 94 valence electrons. The van der Waals surface area contributed by atoms with Gasteiger partial charge in [-0.05, 0) is 18.8 Å². The van der Waals surface area contributed by atoms with Crippen molar-refractivity contribution in [3.05, 3.63) is 18.1 Å². The molecule has 0 unspecified atom stereocenters. The molecule has 0 atom stereocenters. The average molecular weight is 256 g/mol. The van der Waals surface area contributed by atoms with Crippen LogP contribution in [0.5, 0.6) is 0 Å². The van der Waals surface area contributed by atoms with E-state index in [0.717, 1.165) is 44.1 Å². The maximum atomic E-state index is 5.68. The molecule has 0 amide bonds. The summed E-state index contributed by atoms with van der Waals surface area (Å²) < 4.78 is 5.36. The minimum atomic E-state index is 0.414. The minimum Gasteiger partial charge on any atom is -0.381 e. The molecule has 1 aliphatic rings. The van der Waals surface area contributed by atoms with Crippen molar-refractivity contribution in [3.8, 4) is 0 Å². The summed E-state index contributed by atoms with van der Waals surface area (Å²) in [4.78, 5) is 10.8. The third kappa shape index (κ3) is 3.54. The van der Waals surface area contributed by atoms with Crippen LogP contribution in [0.25, 0.3) is 0 Å². The number of ether oxygens (including phenoxy) is 1. The van der Waals surface area contributed by atoms with E-state index in [2.05, 4.69) is 21.9 Å². The van der Waals surface area contributed by atoms with E-state index in [1.807, 2.05) is 0 Å². The van der Waals surface area contributed by atoms with E-state index in [1.54, 1.807) is 12.4 Å². The molecule has 1 aromatic rings. The summed E-state index contributed by atoms with van der Waals surface area (Å²) in [6.45, 7) is 2.78.